The van der Waals surface area contributed by atoms with Crippen molar-refractivity contribution in [2.75, 3.05) is 13.7 Å². The molecule has 3 rings (SSSR count). The molecule has 124 valence electrons. The van der Waals surface area contributed by atoms with Gasteiger partial charge in [0.1, 0.15) is 5.52 Å². The average molecular weight is 320 g/mol. The van der Waals surface area contributed by atoms with Crippen LogP contribution in [0.5, 0.6) is 5.88 Å². The summed E-state index contributed by atoms with van der Waals surface area (Å²) in [6, 6.07) is 3.40. The van der Waals surface area contributed by atoms with Gasteiger partial charge in [-0.3, -0.25) is 9.36 Å². The molecule has 1 aliphatic heterocycles. The van der Waals surface area contributed by atoms with Crippen LogP contribution in [-0.4, -0.2) is 51.6 Å². The molecule has 0 spiro atoms. The van der Waals surface area contributed by atoms with Gasteiger partial charge in [-0.1, -0.05) is 0 Å². The molecule has 0 radical (unpaired) electrons. The van der Waals surface area contributed by atoms with Crippen molar-refractivity contribution in [2.24, 2.45) is 5.73 Å². The predicted octanol–water partition coefficient (Wildman–Crippen LogP) is -0.333. The van der Waals surface area contributed by atoms with E-state index in [1.807, 2.05) is 0 Å². The number of hydrogen-bond donors (Lipinski definition) is 2. The Morgan fingerprint density at radius 3 is 3.04 bits per heavy atom. The van der Waals surface area contributed by atoms with E-state index >= 15 is 0 Å². The van der Waals surface area contributed by atoms with E-state index in [9.17, 15) is 9.90 Å². The van der Waals surface area contributed by atoms with Gasteiger partial charge in [0.15, 0.2) is 5.65 Å². The Balaban J connectivity index is 1.89. The molecule has 8 nitrogen and oxygen atoms in total. The lowest BCUT2D eigenvalue weighted by atomic mass is 10.0. The fourth-order valence-electron chi connectivity index (χ4n) is 2.71. The third-order valence-electron chi connectivity index (χ3n) is 4.02. The molecule has 1 fully saturated rings. The van der Waals surface area contributed by atoms with Gasteiger partial charge in [0, 0.05) is 12.1 Å². The summed E-state index contributed by atoms with van der Waals surface area (Å²) in [7, 11) is 1.50. The third kappa shape index (κ3) is 3.34. The standard InChI is InChI=1S/C15H20N4O4/c1-22-13-5-3-10-15(18-13)19(14(21)6-17-10)7-11(20)12-4-2-9(16)8-23-12/h3,5-6,9,11-12,20H,2,4,7-8,16H2,1H3/t9-,11+,12+/m1/s1. The van der Waals surface area contributed by atoms with Crippen LogP contribution >= 0.6 is 0 Å². The summed E-state index contributed by atoms with van der Waals surface area (Å²) in [5.74, 6) is 0.382. The summed E-state index contributed by atoms with van der Waals surface area (Å²) < 4.78 is 12.1. The van der Waals surface area contributed by atoms with Crippen molar-refractivity contribution in [3.63, 3.8) is 0 Å². The van der Waals surface area contributed by atoms with Crippen molar-refractivity contribution in [1.29, 1.82) is 0 Å². The molecule has 1 saturated heterocycles. The molecule has 8 heteroatoms. The van der Waals surface area contributed by atoms with Crippen LogP contribution in [0.3, 0.4) is 0 Å². The summed E-state index contributed by atoms with van der Waals surface area (Å²) in [6.07, 6.45) is 1.52. The minimum atomic E-state index is -0.821. The second-order valence-corrected chi connectivity index (χ2v) is 5.68. The number of rotatable bonds is 4. The summed E-state index contributed by atoms with van der Waals surface area (Å²) in [5.41, 5.74) is 6.39. The van der Waals surface area contributed by atoms with Gasteiger partial charge in [0.25, 0.3) is 5.56 Å². The normalized spacial score (nSPS) is 22.9. The molecule has 0 unspecified atom stereocenters. The predicted molar refractivity (Wildman–Crippen MR) is 83.3 cm³/mol. The molecule has 23 heavy (non-hydrogen) atoms. The Morgan fingerprint density at radius 1 is 1.52 bits per heavy atom. The van der Waals surface area contributed by atoms with Crippen molar-refractivity contribution in [2.45, 2.75) is 37.6 Å². The van der Waals surface area contributed by atoms with Crippen LogP contribution in [0.2, 0.25) is 0 Å². The molecule has 0 amide bonds. The molecule has 1 aliphatic rings. The van der Waals surface area contributed by atoms with Gasteiger partial charge in [0.2, 0.25) is 5.88 Å². The van der Waals surface area contributed by atoms with E-state index in [0.717, 1.165) is 6.42 Å². The Morgan fingerprint density at radius 2 is 2.35 bits per heavy atom. The highest BCUT2D eigenvalue weighted by atomic mass is 16.5. The lowest BCUT2D eigenvalue weighted by molar-refractivity contribution is -0.0727. The molecule has 0 aromatic carbocycles. The molecule has 2 aromatic rings. The summed E-state index contributed by atoms with van der Waals surface area (Å²) >= 11 is 0. The van der Waals surface area contributed by atoms with Crippen LogP contribution in [0.4, 0.5) is 0 Å². The highest BCUT2D eigenvalue weighted by molar-refractivity contribution is 5.70. The van der Waals surface area contributed by atoms with Gasteiger partial charge in [-0.25, -0.2) is 4.98 Å². The van der Waals surface area contributed by atoms with E-state index in [0.29, 0.717) is 30.1 Å². The largest absolute Gasteiger partial charge is 0.481 e. The molecule has 3 atom stereocenters. The molecule has 2 aromatic heterocycles. The lowest BCUT2D eigenvalue weighted by Gasteiger charge is -2.30. The molecule has 0 bridgehead atoms. The summed E-state index contributed by atoms with van der Waals surface area (Å²) in [6.45, 7) is 0.498. The Bertz CT molecular complexity index is 740. The maximum absolute atomic E-state index is 12.2. The first-order valence-electron chi connectivity index (χ1n) is 7.54. The minimum absolute atomic E-state index is 0.00820. The average Bonchev–Trinajstić information content (AvgIpc) is 2.57. The second kappa shape index (κ2) is 6.61. The first-order valence-corrected chi connectivity index (χ1v) is 7.54. The molecular weight excluding hydrogens is 300 g/mol. The van der Waals surface area contributed by atoms with Gasteiger partial charge in [-0.05, 0) is 18.9 Å². The van der Waals surface area contributed by atoms with Gasteiger partial charge >= 0.3 is 0 Å². The fraction of sp³-hybridized carbons (Fsp3) is 0.533. The summed E-state index contributed by atoms with van der Waals surface area (Å²) in [5, 5.41) is 10.4. The number of fused-ring (bicyclic) bond motifs is 1. The quantitative estimate of drug-likeness (QED) is 0.793. The first kappa shape index (κ1) is 15.9. The maximum atomic E-state index is 12.2. The van der Waals surface area contributed by atoms with Gasteiger partial charge in [-0.15, -0.1) is 0 Å². The highest BCUT2D eigenvalue weighted by Crippen LogP contribution is 2.18. The number of methoxy groups -OCH3 is 1. The zero-order valence-electron chi connectivity index (χ0n) is 12.9. The van der Waals surface area contributed by atoms with E-state index < -0.39 is 6.10 Å². The van der Waals surface area contributed by atoms with E-state index in [4.69, 9.17) is 15.2 Å². The number of pyridine rings is 1. The molecule has 3 N–H and O–H groups in total. The monoisotopic (exact) mass is 320 g/mol. The Kier molecular flexibility index (Phi) is 4.56. The number of aliphatic hydroxyl groups excluding tert-OH is 1. The zero-order valence-corrected chi connectivity index (χ0v) is 12.9. The van der Waals surface area contributed by atoms with E-state index in [-0.39, 0.29) is 24.2 Å². The van der Waals surface area contributed by atoms with Crippen molar-refractivity contribution < 1.29 is 14.6 Å². The molecular formula is C15H20N4O4. The summed E-state index contributed by atoms with van der Waals surface area (Å²) in [4.78, 5) is 20.5. The van der Waals surface area contributed by atoms with Crippen LogP contribution in [0, 0.1) is 0 Å². The SMILES string of the molecule is COc1ccc2ncc(=O)n(C[C@H](O)[C@@H]3CC[C@@H](N)CO3)c2n1. The van der Waals surface area contributed by atoms with E-state index in [2.05, 4.69) is 9.97 Å². The Labute approximate surface area is 132 Å². The van der Waals surface area contributed by atoms with Crippen LogP contribution < -0.4 is 16.0 Å². The van der Waals surface area contributed by atoms with E-state index in [1.54, 1.807) is 12.1 Å². The number of aromatic nitrogens is 3. The zero-order chi connectivity index (χ0) is 16.4. The van der Waals surface area contributed by atoms with Gasteiger partial charge in [-0.2, -0.15) is 4.98 Å². The van der Waals surface area contributed by atoms with Gasteiger partial charge in [0.05, 0.1) is 38.7 Å². The van der Waals surface area contributed by atoms with E-state index in [1.165, 1.54) is 17.9 Å². The second-order valence-electron chi connectivity index (χ2n) is 5.68. The topological polar surface area (TPSA) is 112 Å². The smallest absolute Gasteiger partial charge is 0.270 e. The highest BCUT2D eigenvalue weighted by Gasteiger charge is 2.26. The van der Waals surface area contributed by atoms with Crippen LogP contribution in [0.15, 0.2) is 23.1 Å². The molecule has 0 saturated carbocycles. The third-order valence-corrected chi connectivity index (χ3v) is 4.02. The number of hydrogen-bond acceptors (Lipinski definition) is 7. The number of ether oxygens (including phenoxy) is 2. The molecule has 0 aliphatic carbocycles. The van der Waals surface area contributed by atoms with Crippen LogP contribution in [0.1, 0.15) is 12.8 Å². The van der Waals surface area contributed by atoms with Crippen LogP contribution in [0.25, 0.3) is 11.2 Å². The van der Waals surface area contributed by atoms with Gasteiger partial charge < -0.3 is 20.3 Å². The first-order chi connectivity index (χ1) is 11.1. The fourth-order valence-corrected chi connectivity index (χ4v) is 2.71. The number of nitrogens with two attached hydrogens (primary N) is 1. The van der Waals surface area contributed by atoms with Crippen molar-refractivity contribution in [1.82, 2.24) is 14.5 Å². The van der Waals surface area contributed by atoms with Crippen molar-refractivity contribution in [3.05, 3.63) is 28.7 Å². The van der Waals surface area contributed by atoms with Crippen molar-refractivity contribution >= 4 is 11.2 Å². The number of aliphatic hydroxyl groups is 1. The molecule has 3 heterocycles. The minimum Gasteiger partial charge on any atom is -0.481 e. The maximum Gasteiger partial charge on any atom is 0.270 e. The lowest BCUT2D eigenvalue weighted by Crippen LogP contribution is -2.43. The Hall–Kier alpha value is -2.03. The van der Waals surface area contributed by atoms with Crippen molar-refractivity contribution in [3.8, 4) is 5.88 Å². The van der Waals surface area contributed by atoms with Crippen LogP contribution in [-0.2, 0) is 11.3 Å². The number of nitrogens with zero attached hydrogens (tertiary/aromatic N) is 3.